The third-order valence-corrected chi connectivity index (χ3v) is 5.10. The number of ether oxygens (including phenoxy) is 2. The molecule has 2 aliphatic heterocycles. The Kier molecular flexibility index (Phi) is 6.53. The number of hydrogen-bond donors (Lipinski definition) is 1. The number of nitrogens with two attached hydrogens (primary N) is 1. The van der Waals surface area contributed by atoms with Gasteiger partial charge in [0.1, 0.15) is 12.4 Å². The molecule has 0 aromatic heterocycles. The molecular weight excluding hydrogens is 342 g/mol. The van der Waals surface area contributed by atoms with Gasteiger partial charge in [-0.05, 0) is 31.0 Å². The number of morpholine rings is 1. The Hall–Kier alpha value is -1.34. The first kappa shape index (κ1) is 18.5. The third-order valence-electron chi connectivity index (χ3n) is 4.86. The topological polar surface area (TPSA) is 68.0 Å². The van der Waals surface area contributed by atoms with E-state index >= 15 is 0 Å². The first-order valence-corrected chi connectivity index (χ1v) is 9.30. The SMILES string of the molecule is NCCOc1ccc(Cl)cc1C(=O)N1CCC(N2CCOCC2)CC1. The number of carbonyl (C=O) groups is 1. The molecular formula is C18H26ClN3O3. The van der Waals surface area contributed by atoms with Crippen molar-refractivity contribution in [1.29, 1.82) is 0 Å². The van der Waals surface area contributed by atoms with Gasteiger partial charge in [-0.15, -0.1) is 0 Å². The van der Waals surface area contributed by atoms with E-state index in [1.807, 2.05) is 4.90 Å². The molecule has 6 nitrogen and oxygen atoms in total. The van der Waals surface area contributed by atoms with Gasteiger partial charge in [0.15, 0.2) is 0 Å². The third kappa shape index (κ3) is 4.64. The molecule has 2 fully saturated rings. The zero-order valence-corrected chi connectivity index (χ0v) is 15.2. The molecule has 1 aromatic carbocycles. The van der Waals surface area contributed by atoms with Crippen LogP contribution in [0.3, 0.4) is 0 Å². The zero-order valence-electron chi connectivity index (χ0n) is 14.5. The van der Waals surface area contributed by atoms with Gasteiger partial charge in [0.25, 0.3) is 5.91 Å². The van der Waals surface area contributed by atoms with Crippen LogP contribution in [0.4, 0.5) is 0 Å². The van der Waals surface area contributed by atoms with Crippen molar-refractivity contribution in [1.82, 2.24) is 9.80 Å². The van der Waals surface area contributed by atoms with Crippen molar-refractivity contribution in [2.75, 3.05) is 52.5 Å². The normalized spacial score (nSPS) is 19.8. The Balaban J connectivity index is 1.63. The fourth-order valence-electron chi connectivity index (χ4n) is 3.51. The summed E-state index contributed by atoms with van der Waals surface area (Å²) in [6.07, 6.45) is 1.98. The lowest BCUT2D eigenvalue weighted by Gasteiger charge is -2.40. The van der Waals surface area contributed by atoms with E-state index in [9.17, 15) is 4.79 Å². The van der Waals surface area contributed by atoms with Crippen molar-refractivity contribution < 1.29 is 14.3 Å². The van der Waals surface area contributed by atoms with Crippen molar-refractivity contribution in [2.24, 2.45) is 5.73 Å². The molecule has 0 radical (unpaired) electrons. The van der Waals surface area contributed by atoms with Gasteiger partial charge in [0.05, 0.1) is 18.8 Å². The van der Waals surface area contributed by atoms with E-state index in [1.54, 1.807) is 18.2 Å². The van der Waals surface area contributed by atoms with Crippen molar-refractivity contribution in [3.63, 3.8) is 0 Å². The highest BCUT2D eigenvalue weighted by molar-refractivity contribution is 6.31. The van der Waals surface area contributed by atoms with Gasteiger partial charge < -0.3 is 20.1 Å². The highest BCUT2D eigenvalue weighted by Crippen LogP contribution is 2.26. The average molecular weight is 368 g/mol. The molecule has 0 spiro atoms. The zero-order chi connectivity index (χ0) is 17.6. The van der Waals surface area contributed by atoms with E-state index in [2.05, 4.69) is 4.90 Å². The van der Waals surface area contributed by atoms with Gasteiger partial charge in [0, 0.05) is 43.8 Å². The van der Waals surface area contributed by atoms with Crippen LogP contribution >= 0.6 is 11.6 Å². The quantitative estimate of drug-likeness (QED) is 0.856. The molecule has 0 saturated carbocycles. The van der Waals surface area contributed by atoms with Crippen molar-refractivity contribution >= 4 is 17.5 Å². The van der Waals surface area contributed by atoms with Crippen LogP contribution < -0.4 is 10.5 Å². The van der Waals surface area contributed by atoms with E-state index in [-0.39, 0.29) is 5.91 Å². The summed E-state index contributed by atoms with van der Waals surface area (Å²) >= 11 is 6.09. The molecule has 0 bridgehead atoms. The molecule has 2 aliphatic rings. The molecule has 0 aliphatic carbocycles. The number of benzene rings is 1. The van der Waals surface area contributed by atoms with Crippen LogP contribution in [0.1, 0.15) is 23.2 Å². The van der Waals surface area contributed by atoms with Gasteiger partial charge >= 0.3 is 0 Å². The summed E-state index contributed by atoms with van der Waals surface area (Å²) in [5.74, 6) is 0.533. The van der Waals surface area contributed by atoms with E-state index < -0.39 is 0 Å². The summed E-state index contributed by atoms with van der Waals surface area (Å²) in [5, 5.41) is 0.534. The lowest BCUT2D eigenvalue weighted by molar-refractivity contribution is 0.00155. The minimum atomic E-state index is -0.0186. The Morgan fingerprint density at radius 2 is 1.96 bits per heavy atom. The maximum Gasteiger partial charge on any atom is 0.257 e. The number of piperidine rings is 1. The standard InChI is InChI=1S/C18H26ClN3O3/c19-14-1-2-17(25-10-5-20)16(13-14)18(23)22-6-3-15(4-7-22)21-8-11-24-12-9-21/h1-2,13,15H,3-12,20H2. The molecule has 25 heavy (non-hydrogen) atoms. The smallest absolute Gasteiger partial charge is 0.257 e. The molecule has 0 atom stereocenters. The number of halogens is 1. The molecule has 1 amide bonds. The summed E-state index contributed by atoms with van der Waals surface area (Å²) in [7, 11) is 0. The number of likely N-dealkylation sites (tertiary alicyclic amines) is 1. The van der Waals surface area contributed by atoms with Crippen molar-refractivity contribution in [2.45, 2.75) is 18.9 Å². The van der Waals surface area contributed by atoms with Crippen LogP contribution in [0.25, 0.3) is 0 Å². The van der Waals surface area contributed by atoms with E-state index in [0.29, 0.717) is 35.5 Å². The van der Waals surface area contributed by atoms with Crippen LogP contribution in [0.5, 0.6) is 5.75 Å². The monoisotopic (exact) mass is 367 g/mol. The van der Waals surface area contributed by atoms with Crippen LogP contribution in [-0.4, -0.2) is 74.3 Å². The van der Waals surface area contributed by atoms with Crippen LogP contribution in [0.15, 0.2) is 18.2 Å². The Labute approximate surface area is 153 Å². The first-order chi connectivity index (χ1) is 12.2. The average Bonchev–Trinajstić information content (AvgIpc) is 2.67. The molecule has 2 saturated heterocycles. The van der Waals surface area contributed by atoms with Crippen LogP contribution in [0, 0.1) is 0 Å². The van der Waals surface area contributed by atoms with E-state index in [0.717, 1.165) is 52.2 Å². The first-order valence-electron chi connectivity index (χ1n) is 8.92. The highest BCUT2D eigenvalue weighted by atomic mass is 35.5. The maximum atomic E-state index is 12.9. The minimum Gasteiger partial charge on any atom is -0.491 e. The molecule has 138 valence electrons. The van der Waals surface area contributed by atoms with E-state index in [4.69, 9.17) is 26.8 Å². The lowest BCUT2D eigenvalue weighted by atomic mass is 10.0. The number of amides is 1. The van der Waals surface area contributed by atoms with Crippen molar-refractivity contribution in [3.05, 3.63) is 28.8 Å². The minimum absolute atomic E-state index is 0.0186. The van der Waals surface area contributed by atoms with Crippen LogP contribution in [0.2, 0.25) is 5.02 Å². The van der Waals surface area contributed by atoms with Crippen molar-refractivity contribution in [3.8, 4) is 5.75 Å². The summed E-state index contributed by atoms with van der Waals surface area (Å²) < 4.78 is 11.0. The van der Waals surface area contributed by atoms with Gasteiger partial charge in [-0.1, -0.05) is 11.6 Å². The molecule has 3 rings (SSSR count). The van der Waals surface area contributed by atoms with Crippen LogP contribution in [-0.2, 0) is 4.74 Å². The predicted molar refractivity (Wildman–Crippen MR) is 97.3 cm³/mol. The fraction of sp³-hybridized carbons (Fsp3) is 0.611. The summed E-state index contributed by atoms with van der Waals surface area (Å²) in [4.78, 5) is 17.3. The number of rotatable bonds is 5. The fourth-order valence-corrected chi connectivity index (χ4v) is 3.68. The summed E-state index contributed by atoms with van der Waals surface area (Å²) in [6.45, 7) is 5.89. The molecule has 0 unspecified atom stereocenters. The number of carbonyl (C=O) groups excluding carboxylic acids is 1. The van der Waals surface area contributed by atoms with E-state index in [1.165, 1.54) is 0 Å². The van der Waals surface area contributed by atoms with Gasteiger partial charge in [-0.25, -0.2) is 0 Å². The number of nitrogens with zero attached hydrogens (tertiary/aromatic N) is 2. The Morgan fingerprint density at radius 3 is 2.64 bits per heavy atom. The molecule has 2 N–H and O–H groups in total. The van der Waals surface area contributed by atoms with Gasteiger partial charge in [-0.2, -0.15) is 0 Å². The van der Waals surface area contributed by atoms with Gasteiger partial charge in [0.2, 0.25) is 0 Å². The lowest BCUT2D eigenvalue weighted by Crippen LogP contribution is -2.50. The highest BCUT2D eigenvalue weighted by Gasteiger charge is 2.29. The second kappa shape index (κ2) is 8.85. The summed E-state index contributed by atoms with van der Waals surface area (Å²) in [6, 6.07) is 5.70. The predicted octanol–water partition coefficient (Wildman–Crippen LogP) is 1.61. The molecule has 2 heterocycles. The second-order valence-corrected chi connectivity index (χ2v) is 6.89. The molecule has 1 aromatic rings. The Bertz CT molecular complexity index is 585. The summed E-state index contributed by atoms with van der Waals surface area (Å²) in [5.41, 5.74) is 6.02. The second-order valence-electron chi connectivity index (χ2n) is 6.45. The number of hydrogen-bond acceptors (Lipinski definition) is 5. The Morgan fingerprint density at radius 1 is 1.24 bits per heavy atom. The largest absolute Gasteiger partial charge is 0.491 e. The molecule has 7 heteroatoms. The maximum absolute atomic E-state index is 12.9. The van der Waals surface area contributed by atoms with Gasteiger partial charge in [-0.3, -0.25) is 9.69 Å².